The molecule has 0 fully saturated rings. The zero-order valence-electron chi connectivity index (χ0n) is 10.5. The molecule has 0 spiro atoms. The molecular weight excluding hydrogens is 236 g/mol. The fourth-order valence-electron chi connectivity index (χ4n) is 1.97. The van der Waals surface area contributed by atoms with Crippen LogP contribution in [0.25, 0.3) is 17.2 Å². The van der Waals surface area contributed by atoms with Crippen molar-refractivity contribution < 1.29 is 4.79 Å². The van der Waals surface area contributed by atoms with Crippen LogP contribution in [0.15, 0.2) is 54.0 Å². The number of aliphatic imine (C=N–C) groups is 1. The van der Waals surface area contributed by atoms with Crippen LogP contribution in [-0.4, -0.2) is 12.6 Å². The monoisotopic (exact) mass is 250 g/mol. The highest BCUT2D eigenvalue weighted by Gasteiger charge is 2.07. The Kier molecular flexibility index (Phi) is 3.57. The molecule has 94 valence electrons. The number of nitrogens with two attached hydrogens (primary N) is 1. The van der Waals surface area contributed by atoms with Crippen molar-refractivity contribution in [3.8, 4) is 11.1 Å². The third-order valence-electron chi connectivity index (χ3n) is 2.94. The number of carbonyl (C=O) groups is 1. The third kappa shape index (κ3) is 2.45. The largest absolute Gasteiger partial charge is 0.366 e. The topological polar surface area (TPSA) is 55.4 Å². The SMILES string of the molecule is C=Cc1c(N=C)cccc1-c1ccc(C(N)=O)cc1. The Bertz CT molecular complexity index is 642. The van der Waals surface area contributed by atoms with Gasteiger partial charge in [0.1, 0.15) is 0 Å². The number of primary amides is 1. The van der Waals surface area contributed by atoms with E-state index < -0.39 is 5.91 Å². The minimum atomic E-state index is -0.433. The average molecular weight is 250 g/mol. The normalized spacial score (nSPS) is 9.89. The lowest BCUT2D eigenvalue weighted by Gasteiger charge is -2.09. The predicted molar refractivity (Wildman–Crippen MR) is 79.7 cm³/mol. The van der Waals surface area contributed by atoms with Gasteiger partial charge in [0.15, 0.2) is 0 Å². The first-order valence-corrected chi connectivity index (χ1v) is 5.79. The zero-order chi connectivity index (χ0) is 13.8. The molecule has 0 aliphatic heterocycles. The first-order valence-electron chi connectivity index (χ1n) is 5.79. The summed E-state index contributed by atoms with van der Waals surface area (Å²) in [5, 5.41) is 0. The minimum absolute atomic E-state index is 0.433. The summed E-state index contributed by atoms with van der Waals surface area (Å²) in [5.41, 5.74) is 9.39. The molecule has 2 aromatic carbocycles. The molecule has 19 heavy (non-hydrogen) atoms. The molecular formula is C16H14N2O. The zero-order valence-corrected chi connectivity index (χ0v) is 10.5. The van der Waals surface area contributed by atoms with Crippen LogP contribution in [-0.2, 0) is 0 Å². The highest BCUT2D eigenvalue weighted by Crippen LogP contribution is 2.31. The Balaban J connectivity index is 2.55. The molecule has 0 aromatic heterocycles. The molecule has 0 heterocycles. The molecule has 0 radical (unpaired) electrons. The quantitative estimate of drug-likeness (QED) is 0.830. The number of rotatable bonds is 4. The maximum atomic E-state index is 11.1. The first kappa shape index (κ1) is 12.8. The molecule has 0 aliphatic carbocycles. The van der Waals surface area contributed by atoms with Crippen LogP contribution in [0.4, 0.5) is 5.69 Å². The van der Waals surface area contributed by atoms with Gasteiger partial charge in [-0.15, -0.1) is 0 Å². The van der Waals surface area contributed by atoms with Crippen molar-refractivity contribution in [1.82, 2.24) is 0 Å². The molecule has 1 amide bonds. The second kappa shape index (κ2) is 5.31. The van der Waals surface area contributed by atoms with E-state index >= 15 is 0 Å². The van der Waals surface area contributed by atoms with E-state index in [9.17, 15) is 4.79 Å². The van der Waals surface area contributed by atoms with Gasteiger partial charge in [0.05, 0.1) is 5.69 Å². The number of hydrogen-bond donors (Lipinski definition) is 1. The molecule has 3 nitrogen and oxygen atoms in total. The van der Waals surface area contributed by atoms with E-state index in [-0.39, 0.29) is 0 Å². The van der Waals surface area contributed by atoms with E-state index in [1.807, 2.05) is 30.3 Å². The summed E-state index contributed by atoms with van der Waals surface area (Å²) >= 11 is 0. The summed E-state index contributed by atoms with van der Waals surface area (Å²) in [5.74, 6) is -0.433. The molecule has 0 saturated carbocycles. The van der Waals surface area contributed by atoms with Crippen molar-refractivity contribution in [3.05, 3.63) is 60.2 Å². The molecule has 0 atom stereocenters. The molecule has 2 aromatic rings. The number of nitrogens with zero attached hydrogens (tertiary/aromatic N) is 1. The molecule has 0 unspecified atom stereocenters. The van der Waals surface area contributed by atoms with Crippen molar-refractivity contribution in [1.29, 1.82) is 0 Å². The molecule has 0 bridgehead atoms. The van der Waals surface area contributed by atoms with Gasteiger partial charge in [-0.3, -0.25) is 9.79 Å². The lowest BCUT2D eigenvalue weighted by molar-refractivity contribution is 0.100. The third-order valence-corrected chi connectivity index (χ3v) is 2.94. The molecule has 2 rings (SSSR count). The van der Waals surface area contributed by atoms with E-state index in [2.05, 4.69) is 18.3 Å². The standard InChI is InChI=1S/C16H14N2O/c1-3-13-14(5-4-6-15(13)18-2)11-7-9-12(10-8-11)16(17)19/h3-10H,1-2H2,(H2,17,19). The van der Waals surface area contributed by atoms with Gasteiger partial charge in [-0.1, -0.05) is 36.9 Å². The molecule has 2 N–H and O–H groups in total. The van der Waals surface area contributed by atoms with Crippen LogP contribution in [0.3, 0.4) is 0 Å². The second-order valence-electron chi connectivity index (χ2n) is 4.04. The van der Waals surface area contributed by atoms with Gasteiger partial charge in [-0.25, -0.2) is 0 Å². The van der Waals surface area contributed by atoms with Crippen molar-refractivity contribution >= 4 is 24.4 Å². The molecule has 0 aliphatic rings. The number of amides is 1. The van der Waals surface area contributed by atoms with Crippen molar-refractivity contribution in [2.45, 2.75) is 0 Å². The summed E-state index contributed by atoms with van der Waals surface area (Å²) < 4.78 is 0. The molecule has 3 heteroatoms. The highest BCUT2D eigenvalue weighted by atomic mass is 16.1. The number of benzene rings is 2. The Labute approximate surface area is 112 Å². The van der Waals surface area contributed by atoms with Crippen molar-refractivity contribution in [2.24, 2.45) is 10.7 Å². The predicted octanol–water partition coefficient (Wildman–Crippen LogP) is 3.43. The summed E-state index contributed by atoms with van der Waals surface area (Å²) in [7, 11) is 0. The summed E-state index contributed by atoms with van der Waals surface area (Å²) in [4.78, 5) is 15.0. The van der Waals surface area contributed by atoms with Gasteiger partial charge in [0.2, 0.25) is 5.91 Å². The lowest BCUT2D eigenvalue weighted by Crippen LogP contribution is -2.10. The van der Waals surface area contributed by atoms with E-state index in [0.29, 0.717) is 5.56 Å². The van der Waals surface area contributed by atoms with E-state index in [1.54, 1.807) is 18.2 Å². The highest BCUT2D eigenvalue weighted by molar-refractivity contribution is 5.93. The van der Waals surface area contributed by atoms with Gasteiger partial charge in [-0.05, 0) is 36.0 Å². The van der Waals surface area contributed by atoms with Crippen LogP contribution in [0.5, 0.6) is 0 Å². The van der Waals surface area contributed by atoms with E-state index in [1.165, 1.54) is 0 Å². The maximum absolute atomic E-state index is 11.1. The first-order chi connectivity index (χ1) is 9.17. The van der Waals surface area contributed by atoms with Gasteiger partial charge in [-0.2, -0.15) is 0 Å². The van der Waals surface area contributed by atoms with E-state index in [4.69, 9.17) is 5.73 Å². The average Bonchev–Trinajstić information content (AvgIpc) is 2.46. The Morgan fingerprint density at radius 3 is 2.37 bits per heavy atom. The van der Waals surface area contributed by atoms with E-state index in [0.717, 1.165) is 22.4 Å². The van der Waals surface area contributed by atoms with Gasteiger partial charge < -0.3 is 5.73 Å². The molecule has 0 saturated heterocycles. The number of carbonyl (C=O) groups excluding carboxylic acids is 1. The van der Waals surface area contributed by atoms with Crippen LogP contribution < -0.4 is 5.73 Å². The lowest BCUT2D eigenvalue weighted by atomic mass is 9.97. The van der Waals surface area contributed by atoms with Gasteiger partial charge >= 0.3 is 0 Å². The van der Waals surface area contributed by atoms with Gasteiger partial charge in [0.25, 0.3) is 0 Å². The fourth-order valence-corrected chi connectivity index (χ4v) is 1.97. The van der Waals surface area contributed by atoms with Crippen LogP contribution in [0.2, 0.25) is 0 Å². The summed E-state index contributed by atoms with van der Waals surface area (Å²) in [6.45, 7) is 7.36. The van der Waals surface area contributed by atoms with Crippen LogP contribution in [0, 0.1) is 0 Å². The van der Waals surface area contributed by atoms with Crippen LogP contribution >= 0.6 is 0 Å². The Hall–Kier alpha value is -2.68. The number of hydrogen-bond acceptors (Lipinski definition) is 2. The van der Waals surface area contributed by atoms with Gasteiger partial charge in [0, 0.05) is 11.1 Å². The maximum Gasteiger partial charge on any atom is 0.248 e. The smallest absolute Gasteiger partial charge is 0.248 e. The minimum Gasteiger partial charge on any atom is -0.366 e. The summed E-state index contributed by atoms with van der Waals surface area (Å²) in [6.07, 6.45) is 1.75. The Morgan fingerprint density at radius 1 is 1.16 bits per heavy atom. The van der Waals surface area contributed by atoms with Crippen LogP contribution in [0.1, 0.15) is 15.9 Å². The van der Waals surface area contributed by atoms with Crippen molar-refractivity contribution in [3.63, 3.8) is 0 Å². The Morgan fingerprint density at radius 2 is 1.84 bits per heavy atom. The second-order valence-corrected chi connectivity index (χ2v) is 4.04. The fraction of sp³-hybridized carbons (Fsp3) is 0. The van der Waals surface area contributed by atoms with Crippen molar-refractivity contribution in [2.75, 3.05) is 0 Å². The summed E-state index contributed by atoms with van der Waals surface area (Å²) in [6, 6.07) is 12.9.